The van der Waals surface area contributed by atoms with E-state index in [4.69, 9.17) is 29.4 Å². The highest BCUT2D eigenvalue weighted by Gasteiger charge is 2.33. The molecular weight excluding hydrogens is 486 g/mol. The lowest BCUT2D eigenvalue weighted by Gasteiger charge is -2.28. The molecule has 1 rings (SSSR count). The van der Waals surface area contributed by atoms with Gasteiger partial charge in [0.2, 0.25) is 0 Å². The van der Waals surface area contributed by atoms with Gasteiger partial charge < -0.3 is 34.5 Å². The number of rotatable bonds is 13. The lowest BCUT2D eigenvalue weighted by atomic mass is 9.82. The van der Waals surface area contributed by atoms with E-state index in [1.807, 2.05) is 27.7 Å². The van der Waals surface area contributed by atoms with Gasteiger partial charge in [0.15, 0.2) is 11.5 Å². The molecular formula is C26H39NO10. The molecule has 0 amide bonds. The van der Waals surface area contributed by atoms with E-state index in [9.17, 15) is 24.3 Å². The van der Waals surface area contributed by atoms with E-state index in [1.165, 1.54) is 18.2 Å². The molecule has 0 aromatic heterocycles. The van der Waals surface area contributed by atoms with E-state index in [1.54, 1.807) is 20.8 Å². The number of carbonyl (C=O) groups excluding carboxylic acids is 3. The van der Waals surface area contributed by atoms with Crippen molar-refractivity contribution in [1.82, 2.24) is 0 Å². The number of nitrogens with two attached hydrogens (primary N) is 1. The molecule has 208 valence electrons. The number of hydrogen-bond acceptors (Lipinski definition) is 10. The summed E-state index contributed by atoms with van der Waals surface area (Å²) >= 11 is 0. The highest BCUT2D eigenvalue weighted by Crippen LogP contribution is 2.36. The van der Waals surface area contributed by atoms with Crippen LogP contribution >= 0.6 is 0 Å². The third kappa shape index (κ3) is 11.1. The van der Waals surface area contributed by atoms with E-state index in [0.29, 0.717) is 5.56 Å². The van der Waals surface area contributed by atoms with Crippen LogP contribution in [0.25, 0.3) is 0 Å². The van der Waals surface area contributed by atoms with Crippen LogP contribution in [0.4, 0.5) is 9.59 Å². The maximum absolute atomic E-state index is 12.3. The monoisotopic (exact) mass is 525 g/mol. The molecule has 0 aliphatic heterocycles. The number of carbonyl (C=O) groups is 4. The Balaban J connectivity index is 3.34. The van der Waals surface area contributed by atoms with Crippen molar-refractivity contribution in [2.24, 2.45) is 29.4 Å². The first-order valence-electron chi connectivity index (χ1n) is 12.2. The van der Waals surface area contributed by atoms with Crippen molar-refractivity contribution in [2.75, 3.05) is 19.8 Å². The summed E-state index contributed by atoms with van der Waals surface area (Å²) in [4.78, 5) is 48.1. The molecule has 2 unspecified atom stereocenters. The van der Waals surface area contributed by atoms with Gasteiger partial charge in [0.1, 0.15) is 6.04 Å². The molecule has 11 nitrogen and oxygen atoms in total. The highest BCUT2D eigenvalue weighted by atomic mass is 16.7. The Bertz CT molecular complexity index is 928. The number of ether oxygens (including phenoxy) is 5. The fourth-order valence-corrected chi connectivity index (χ4v) is 3.13. The van der Waals surface area contributed by atoms with Crippen molar-refractivity contribution in [3.8, 4) is 11.5 Å². The van der Waals surface area contributed by atoms with Crippen LogP contribution in [0.15, 0.2) is 18.2 Å². The second-order valence-electron chi connectivity index (χ2n) is 9.97. The quantitative estimate of drug-likeness (QED) is 0.214. The molecule has 0 heterocycles. The SMILES string of the molecule is CC(C)COC(=O)Oc1ccc(C(C(C)COC(=O)C(C)C)[C@H](N)C(=O)O)cc1OC(=O)OCC(C)C. The van der Waals surface area contributed by atoms with Gasteiger partial charge >= 0.3 is 24.2 Å². The average Bonchev–Trinajstić information content (AvgIpc) is 2.81. The van der Waals surface area contributed by atoms with Crippen molar-refractivity contribution < 1.29 is 48.0 Å². The zero-order valence-corrected chi connectivity index (χ0v) is 22.5. The standard InChI is InChI=1S/C26H39NO10/c1-14(2)11-34-25(31)36-19-9-8-18(10-20(19)37-26(32)35-12-15(3)4)21(22(27)23(28)29)17(7)13-33-24(30)16(5)6/h8-10,14-17,21-22H,11-13,27H2,1-7H3,(H,28,29)/t17?,21?,22-/m0/s1. The van der Waals surface area contributed by atoms with Gasteiger partial charge in [-0.05, 0) is 35.4 Å². The Labute approximate surface area is 217 Å². The smallest absolute Gasteiger partial charge is 0.480 e. The molecule has 0 spiro atoms. The van der Waals surface area contributed by atoms with E-state index >= 15 is 0 Å². The zero-order valence-electron chi connectivity index (χ0n) is 22.5. The number of aliphatic carboxylic acids is 1. The van der Waals surface area contributed by atoms with Gasteiger partial charge in [-0.3, -0.25) is 9.59 Å². The second kappa shape index (κ2) is 15.0. The summed E-state index contributed by atoms with van der Waals surface area (Å²) in [6, 6.07) is 2.80. The van der Waals surface area contributed by atoms with Gasteiger partial charge in [-0.25, -0.2) is 9.59 Å². The first-order valence-corrected chi connectivity index (χ1v) is 12.2. The van der Waals surface area contributed by atoms with E-state index in [2.05, 4.69) is 0 Å². The Kier molecular flexibility index (Phi) is 12.9. The van der Waals surface area contributed by atoms with E-state index < -0.39 is 42.1 Å². The number of esters is 1. The topological polar surface area (TPSA) is 161 Å². The Morgan fingerprint density at radius 1 is 0.784 bits per heavy atom. The summed E-state index contributed by atoms with van der Waals surface area (Å²) in [6.07, 6.45) is -2.04. The van der Waals surface area contributed by atoms with Crippen LogP contribution in [0.1, 0.15) is 59.9 Å². The van der Waals surface area contributed by atoms with Gasteiger partial charge in [-0.15, -0.1) is 0 Å². The zero-order chi connectivity index (χ0) is 28.3. The molecule has 0 radical (unpaired) electrons. The third-order valence-corrected chi connectivity index (χ3v) is 5.05. The number of hydrogen-bond donors (Lipinski definition) is 2. The summed E-state index contributed by atoms with van der Waals surface area (Å²) < 4.78 is 25.9. The summed E-state index contributed by atoms with van der Waals surface area (Å²) in [5, 5.41) is 9.62. The van der Waals surface area contributed by atoms with Crippen LogP contribution in [-0.2, 0) is 23.8 Å². The molecule has 11 heteroatoms. The van der Waals surface area contributed by atoms with Gasteiger partial charge in [-0.1, -0.05) is 54.5 Å². The minimum atomic E-state index is -1.38. The lowest BCUT2D eigenvalue weighted by molar-refractivity contribution is -0.149. The fourth-order valence-electron chi connectivity index (χ4n) is 3.13. The van der Waals surface area contributed by atoms with Crippen LogP contribution in [0.2, 0.25) is 0 Å². The lowest BCUT2D eigenvalue weighted by Crippen LogP contribution is -2.40. The van der Waals surface area contributed by atoms with Crippen LogP contribution < -0.4 is 15.2 Å². The minimum Gasteiger partial charge on any atom is -0.480 e. The molecule has 1 aromatic rings. The second-order valence-corrected chi connectivity index (χ2v) is 9.97. The number of carboxylic acids is 1. The van der Waals surface area contributed by atoms with Gasteiger partial charge in [0.25, 0.3) is 0 Å². The van der Waals surface area contributed by atoms with Crippen LogP contribution in [0, 0.1) is 23.7 Å². The molecule has 0 aliphatic rings. The largest absolute Gasteiger partial charge is 0.513 e. The molecule has 0 fully saturated rings. The molecule has 0 saturated heterocycles. The number of carboxylic acid groups (broad SMARTS) is 1. The maximum atomic E-state index is 12.3. The van der Waals surface area contributed by atoms with Crippen molar-refractivity contribution in [2.45, 2.75) is 60.4 Å². The fraction of sp³-hybridized carbons (Fsp3) is 0.615. The van der Waals surface area contributed by atoms with Crippen LogP contribution in [0.5, 0.6) is 11.5 Å². The van der Waals surface area contributed by atoms with Gasteiger partial charge in [-0.2, -0.15) is 0 Å². The predicted molar refractivity (Wildman–Crippen MR) is 133 cm³/mol. The van der Waals surface area contributed by atoms with Gasteiger partial charge in [0.05, 0.1) is 25.7 Å². The molecule has 37 heavy (non-hydrogen) atoms. The van der Waals surface area contributed by atoms with Crippen LogP contribution in [0.3, 0.4) is 0 Å². The third-order valence-electron chi connectivity index (χ3n) is 5.05. The van der Waals surface area contributed by atoms with Crippen molar-refractivity contribution >= 4 is 24.2 Å². The van der Waals surface area contributed by atoms with Gasteiger partial charge in [0, 0.05) is 5.92 Å². The summed E-state index contributed by atoms with van der Waals surface area (Å²) in [5.74, 6) is -3.66. The van der Waals surface area contributed by atoms with Crippen molar-refractivity contribution in [1.29, 1.82) is 0 Å². The highest BCUT2D eigenvalue weighted by molar-refractivity contribution is 5.75. The molecule has 0 aliphatic carbocycles. The Morgan fingerprint density at radius 3 is 1.76 bits per heavy atom. The van der Waals surface area contributed by atoms with Crippen molar-refractivity contribution in [3.05, 3.63) is 23.8 Å². The average molecular weight is 526 g/mol. The summed E-state index contributed by atoms with van der Waals surface area (Å²) in [5.41, 5.74) is 6.36. The maximum Gasteiger partial charge on any atom is 0.513 e. The minimum absolute atomic E-state index is 0.0490. The molecule has 0 bridgehead atoms. The molecule has 3 N–H and O–H groups in total. The normalized spacial score (nSPS) is 13.6. The number of benzene rings is 1. The van der Waals surface area contributed by atoms with E-state index in [0.717, 1.165) is 0 Å². The molecule has 0 saturated carbocycles. The molecule has 1 aromatic carbocycles. The van der Waals surface area contributed by atoms with Crippen molar-refractivity contribution in [3.63, 3.8) is 0 Å². The summed E-state index contributed by atoms with van der Waals surface area (Å²) in [6.45, 7) is 12.6. The summed E-state index contributed by atoms with van der Waals surface area (Å²) in [7, 11) is 0. The Hall–Kier alpha value is -3.34. The first-order chi connectivity index (χ1) is 17.2. The van der Waals surface area contributed by atoms with Crippen LogP contribution in [-0.4, -0.2) is 55.2 Å². The predicted octanol–water partition coefficient (Wildman–Crippen LogP) is 4.36. The Morgan fingerprint density at radius 2 is 1.30 bits per heavy atom. The first kappa shape index (κ1) is 31.7. The van der Waals surface area contributed by atoms with E-state index in [-0.39, 0.29) is 49.1 Å². The molecule has 3 atom stereocenters.